The normalized spacial score (nSPS) is 11.1. The average Bonchev–Trinajstić information content (AvgIpc) is 2.64. The molecule has 2 rings (SSSR count). The van der Waals surface area contributed by atoms with Crippen LogP contribution in [0, 0.1) is 0 Å². The van der Waals surface area contributed by atoms with E-state index in [1.54, 1.807) is 4.68 Å². The summed E-state index contributed by atoms with van der Waals surface area (Å²) in [5.74, 6) is 0. The van der Waals surface area contributed by atoms with Crippen molar-refractivity contribution in [2.45, 2.75) is 6.54 Å². The highest BCUT2D eigenvalue weighted by atomic mass is 15.2. The minimum Gasteiger partial charge on any atom is -0.398 e. The van der Waals surface area contributed by atoms with Crippen LogP contribution >= 0.6 is 0 Å². The SMILES string of the molecule is CN(C)Cc1ccc(-c2cnn(C)c2)c(N)c1. The van der Waals surface area contributed by atoms with Crippen LogP contribution in [-0.2, 0) is 13.6 Å². The second-order valence-corrected chi connectivity index (χ2v) is 4.56. The lowest BCUT2D eigenvalue weighted by atomic mass is 10.0. The molecular formula is C13H18N4. The van der Waals surface area contributed by atoms with Gasteiger partial charge >= 0.3 is 0 Å². The minimum atomic E-state index is 0.803. The fourth-order valence-electron chi connectivity index (χ4n) is 1.90. The van der Waals surface area contributed by atoms with Gasteiger partial charge in [-0.05, 0) is 25.7 Å². The summed E-state index contributed by atoms with van der Waals surface area (Å²) in [6.45, 7) is 0.900. The Morgan fingerprint density at radius 3 is 2.65 bits per heavy atom. The molecule has 0 atom stereocenters. The number of aryl methyl sites for hydroxylation is 1. The van der Waals surface area contributed by atoms with Gasteiger partial charge in [-0.1, -0.05) is 12.1 Å². The Kier molecular flexibility index (Phi) is 3.15. The molecule has 2 N–H and O–H groups in total. The average molecular weight is 230 g/mol. The van der Waals surface area contributed by atoms with Crippen LogP contribution in [0.3, 0.4) is 0 Å². The molecule has 2 aromatic rings. The number of nitrogens with two attached hydrogens (primary N) is 1. The van der Waals surface area contributed by atoms with Crippen LogP contribution in [0.1, 0.15) is 5.56 Å². The highest BCUT2D eigenvalue weighted by Crippen LogP contribution is 2.26. The van der Waals surface area contributed by atoms with Crippen LogP contribution in [0.25, 0.3) is 11.1 Å². The summed E-state index contributed by atoms with van der Waals surface area (Å²) in [5, 5.41) is 4.16. The summed E-state index contributed by atoms with van der Waals surface area (Å²) < 4.78 is 1.78. The fourth-order valence-corrected chi connectivity index (χ4v) is 1.90. The van der Waals surface area contributed by atoms with Gasteiger partial charge in [0.25, 0.3) is 0 Å². The second kappa shape index (κ2) is 4.59. The number of hydrogen-bond donors (Lipinski definition) is 1. The van der Waals surface area contributed by atoms with Gasteiger partial charge in [0, 0.05) is 36.6 Å². The van der Waals surface area contributed by atoms with Crippen LogP contribution in [0.2, 0.25) is 0 Å². The Morgan fingerprint density at radius 2 is 2.12 bits per heavy atom. The zero-order valence-electron chi connectivity index (χ0n) is 10.5. The van der Waals surface area contributed by atoms with E-state index in [0.717, 1.165) is 23.4 Å². The predicted molar refractivity (Wildman–Crippen MR) is 70.4 cm³/mol. The fraction of sp³-hybridized carbons (Fsp3) is 0.308. The minimum absolute atomic E-state index is 0.803. The van der Waals surface area contributed by atoms with Crippen LogP contribution < -0.4 is 5.73 Å². The molecule has 0 bridgehead atoms. The van der Waals surface area contributed by atoms with Crippen LogP contribution in [0.4, 0.5) is 5.69 Å². The first-order valence-electron chi connectivity index (χ1n) is 5.58. The number of benzene rings is 1. The first-order chi connectivity index (χ1) is 8.06. The summed E-state index contributed by atoms with van der Waals surface area (Å²) in [7, 11) is 6.00. The van der Waals surface area contributed by atoms with Gasteiger partial charge in [-0.2, -0.15) is 5.10 Å². The van der Waals surface area contributed by atoms with Gasteiger partial charge in [-0.15, -0.1) is 0 Å². The highest BCUT2D eigenvalue weighted by molar-refractivity contribution is 5.75. The molecule has 0 aliphatic heterocycles. The smallest absolute Gasteiger partial charge is 0.0568 e. The number of aromatic nitrogens is 2. The molecule has 0 unspecified atom stereocenters. The molecule has 0 aliphatic rings. The Labute approximate surface area is 102 Å². The van der Waals surface area contributed by atoms with Gasteiger partial charge < -0.3 is 10.6 Å². The quantitative estimate of drug-likeness (QED) is 0.817. The number of nitrogen functional groups attached to an aromatic ring is 1. The second-order valence-electron chi connectivity index (χ2n) is 4.56. The van der Waals surface area contributed by atoms with Gasteiger partial charge in [0.15, 0.2) is 0 Å². The monoisotopic (exact) mass is 230 g/mol. The molecule has 1 aromatic carbocycles. The molecule has 90 valence electrons. The summed E-state index contributed by atoms with van der Waals surface area (Å²) in [6, 6.07) is 6.20. The third-order valence-electron chi connectivity index (χ3n) is 2.63. The molecule has 0 amide bonds. The molecule has 0 fully saturated rings. The maximum atomic E-state index is 6.08. The molecule has 0 saturated heterocycles. The number of hydrogen-bond acceptors (Lipinski definition) is 3. The molecule has 0 spiro atoms. The van der Waals surface area contributed by atoms with E-state index in [9.17, 15) is 0 Å². The lowest BCUT2D eigenvalue weighted by Crippen LogP contribution is -2.10. The molecule has 0 saturated carbocycles. The van der Waals surface area contributed by atoms with Crippen molar-refractivity contribution in [1.29, 1.82) is 0 Å². The number of anilines is 1. The molecule has 1 heterocycles. The first-order valence-corrected chi connectivity index (χ1v) is 5.58. The van der Waals surface area contributed by atoms with Crippen molar-refractivity contribution in [3.63, 3.8) is 0 Å². The van der Waals surface area contributed by atoms with Gasteiger partial charge in [-0.3, -0.25) is 4.68 Å². The lowest BCUT2D eigenvalue weighted by Gasteiger charge is -2.11. The van der Waals surface area contributed by atoms with E-state index in [-0.39, 0.29) is 0 Å². The third-order valence-corrected chi connectivity index (χ3v) is 2.63. The van der Waals surface area contributed by atoms with E-state index in [1.165, 1.54) is 5.56 Å². The Balaban J connectivity index is 2.31. The number of nitrogens with zero attached hydrogens (tertiary/aromatic N) is 3. The van der Waals surface area contributed by atoms with Crippen LogP contribution in [-0.4, -0.2) is 28.8 Å². The van der Waals surface area contributed by atoms with E-state index in [1.807, 2.05) is 39.6 Å². The van der Waals surface area contributed by atoms with Crippen molar-refractivity contribution in [1.82, 2.24) is 14.7 Å². The first kappa shape index (κ1) is 11.7. The molecule has 1 aromatic heterocycles. The Bertz CT molecular complexity index is 514. The van der Waals surface area contributed by atoms with Gasteiger partial charge in [-0.25, -0.2) is 0 Å². The standard InChI is InChI=1S/C13H18N4/c1-16(2)8-10-4-5-12(13(14)6-10)11-7-15-17(3)9-11/h4-7,9H,8,14H2,1-3H3. The van der Waals surface area contributed by atoms with E-state index in [0.29, 0.717) is 0 Å². The molecule has 17 heavy (non-hydrogen) atoms. The topological polar surface area (TPSA) is 47.1 Å². The predicted octanol–water partition coefficient (Wildman–Crippen LogP) is 1.73. The van der Waals surface area contributed by atoms with Gasteiger partial charge in [0.05, 0.1) is 6.20 Å². The largest absolute Gasteiger partial charge is 0.398 e. The lowest BCUT2D eigenvalue weighted by molar-refractivity contribution is 0.402. The zero-order chi connectivity index (χ0) is 12.4. The molecule has 4 heteroatoms. The van der Waals surface area contributed by atoms with Crippen molar-refractivity contribution in [2.24, 2.45) is 7.05 Å². The molecule has 4 nitrogen and oxygen atoms in total. The summed E-state index contributed by atoms with van der Waals surface area (Å²) in [4.78, 5) is 2.12. The van der Waals surface area contributed by atoms with Crippen molar-refractivity contribution < 1.29 is 0 Å². The third kappa shape index (κ3) is 2.65. The number of rotatable bonds is 3. The maximum Gasteiger partial charge on any atom is 0.0568 e. The van der Waals surface area contributed by atoms with Crippen molar-refractivity contribution in [3.8, 4) is 11.1 Å². The molecule has 0 radical (unpaired) electrons. The van der Waals surface area contributed by atoms with Crippen molar-refractivity contribution in [3.05, 3.63) is 36.2 Å². The van der Waals surface area contributed by atoms with Crippen LogP contribution in [0.5, 0.6) is 0 Å². The Morgan fingerprint density at radius 1 is 1.35 bits per heavy atom. The van der Waals surface area contributed by atoms with E-state index < -0.39 is 0 Å². The van der Waals surface area contributed by atoms with Crippen molar-refractivity contribution in [2.75, 3.05) is 19.8 Å². The summed E-state index contributed by atoms with van der Waals surface area (Å²) >= 11 is 0. The van der Waals surface area contributed by atoms with Gasteiger partial charge in [0.2, 0.25) is 0 Å². The summed E-state index contributed by atoms with van der Waals surface area (Å²) in [5.41, 5.74) is 10.2. The molecule has 0 aliphatic carbocycles. The summed E-state index contributed by atoms with van der Waals surface area (Å²) in [6.07, 6.45) is 3.80. The van der Waals surface area contributed by atoms with E-state index in [2.05, 4.69) is 22.1 Å². The Hall–Kier alpha value is -1.81. The molecular weight excluding hydrogens is 212 g/mol. The van der Waals surface area contributed by atoms with E-state index >= 15 is 0 Å². The highest BCUT2D eigenvalue weighted by Gasteiger charge is 2.06. The zero-order valence-corrected chi connectivity index (χ0v) is 10.5. The maximum absolute atomic E-state index is 6.08. The van der Waals surface area contributed by atoms with Crippen LogP contribution in [0.15, 0.2) is 30.6 Å². The van der Waals surface area contributed by atoms with Crippen molar-refractivity contribution >= 4 is 5.69 Å². The van der Waals surface area contributed by atoms with Gasteiger partial charge in [0.1, 0.15) is 0 Å². The van der Waals surface area contributed by atoms with E-state index in [4.69, 9.17) is 5.73 Å².